The third-order valence-electron chi connectivity index (χ3n) is 5.70. The van der Waals surface area contributed by atoms with Gasteiger partial charge in [-0.25, -0.2) is 0 Å². The van der Waals surface area contributed by atoms with Crippen LogP contribution in [0.3, 0.4) is 0 Å². The minimum Gasteiger partial charge on any atom is -0.327 e. The van der Waals surface area contributed by atoms with Gasteiger partial charge in [-0.1, -0.05) is 20.3 Å². The van der Waals surface area contributed by atoms with E-state index in [-0.39, 0.29) is 0 Å². The summed E-state index contributed by atoms with van der Waals surface area (Å²) in [6, 6.07) is 1.21. The Morgan fingerprint density at radius 1 is 1.17 bits per heavy atom. The molecule has 1 aliphatic carbocycles. The van der Waals surface area contributed by atoms with Crippen LogP contribution in [0.2, 0.25) is 0 Å². The fourth-order valence-electron chi connectivity index (χ4n) is 3.95. The van der Waals surface area contributed by atoms with Crippen molar-refractivity contribution in [3.05, 3.63) is 0 Å². The van der Waals surface area contributed by atoms with Crippen LogP contribution in [0.15, 0.2) is 0 Å². The zero-order chi connectivity index (χ0) is 13.1. The molecule has 1 aliphatic heterocycles. The van der Waals surface area contributed by atoms with Crippen molar-refractivity contribution in [2.24, 2.45) is 23.5 Å². The molecule has 1 heterocycles. The normalized spacial score (nSPS) is 43.0. The summed E-state index contributed by atoms with van der Waals surface area (Å²) in [4.78, 5) is 2.72. The van der Waals surface area contributed by atoms with Gasteiger partial charge in [0, 0.05) is 18.6 Å². The van der Waals surface area contributed by atoms with Gasteiger partial charge < -0.3 is 10.6 Å². The van der Waals surface area contributed by atoms with E-state index in [1.165, 1.54) is 51.6 Å². The lowest BCUT2D eigenvalue weighted by molar-refractivity contribution is 0.0726. The van der Waals surface area contributed by atoms with Crippen molar-refractivity contribution in [1.29, 1.82) is 0 Å². The fourth-order valence-corrected chi connectivity index (χ4v) is 3.95. The lowest BCUT2D eigenvalue weighted by Gasteiger charge is -2.43. The maximum atomic E-state index is 6.37. The monoisotopic (exact) mass is 252 g/mol. The highest BCUT2D eigenvalue weighted by Gasteiger charge is 2.32. The van der Waals surface area contributed by atoms with Crippen molar-refractivity contribution < 1.29 is 0 Å². The van der Waals surface area contributed by atoms with Gasteiger partial charge in [0.1, 0.15) is 0 Å². The molecule has 2 nitrogen and oxygen atoms in total. The fraction of sp³-hybridized carbons (Fsp3) is 1.00. The highest BCUT2D eigenvalue weighted by molar-refractivity contribution is 4.87. The van der Waals surface area contributed by atoms with Gasteiger partial charge in [0.05, 0.1) is 0 Å². The van der Waals surface area contributed by atoms with E-state index < -0.39 is 0 Å². The van der Waals surface area contributed by atoms with Gasteiger partial charge in [0.25, 0.3) is 0 Å². The average Bonchev–Trinajstić information content (AvgIpc) is 2.37. The number of hydrogen-bond donors (Lipinski definition) is 1. The molecule has 5 unspecified atom stereocenters. The van der Waals surface area contributed by atoms with Crippen LogP contribution < -0.4 is 5.73 Å². The summed E-state index contributed by atoms with van der Waals surface area (Å²) in [6.45, 7) is 9.71. The molecule has 18 heavy (non-hydrogen) atoms. The lowest BCUT2D eigenvalue weighted by Crippen LogP contribution is -2.49. The Balaban J connectivity index is 1.90. The van der Waals surface area contributed by atoms with Crippen LogP contribution in [-0.2, 0) is 0 Å². The molecule has 0 aromatic heterocycles. The molecule has 2 rings (SSSR count). The molecule has 5 atom stereocenters. The third kappa shape index (κ3) is 3.27. The summed E-state index contributed by atoms with van der Waals surface area (Å²) >= 11 is 0. The number of likely N-dealkylation sites (tertiary alicyclic amines) is 1. The summed E-state index contributed by atoms with van der Waals surface area (Å²) in [5.74, 6) is 2.55. The first-order valence-corrected chi connectivity index (χ1v) is 8.11. The summed E-state index contributed by atoms with van der Waals surface area (Å²) in [5.41, 5.74) is 6.37. The highest BCUT2D eigenvalue weighted by Crippen LogP contribution is 2.32. The lowest BCUT2D eigenvalue weighted by atomic mass is 9.76. The summed E-state index contributed by atoms with van der Waals surface area (Å²) in [7, 11) is 0. The van der Waals surface area contributed by atoms with E-state index in [4.69, 9.17) is 5.73 Å². The van der Waals surface area contributed by atoms with Gasteiger partial charge in [0.15, 0.2) is 0 Å². The SMILES string of the molecule is CCC1CCC(N)C(CN2CCCC(C)C2C)C1. The zero-order valence-corrected chi connectivity index (χ0v) is 12.6. The van der Waals surface area contributed by atoms with Crippen LogP contribution in [0.4, 0.5) is 0 Å². The van der Waals surface area contributed by atoms with Crippen LogP contribution in [0.5, 0.6) is 0 Å². The number of rotatable bonds is 3. The van der Waals surface area contributed by atoms with E-state index in [0.717, 1.165) is 23.8 Å². The van der Waals surface area contributed by atoms with Crippen LogP contribution in [0, 0.1) is 17.8 Å². The second kappa shape index (κ2) is 6.38. The van der Waals surface area contributed by atoms with Crippen molar-refractivity contribution in [1.82, 2.24) is 4.90 Å². The maximum Gasteiger partial charge on any atom is 0.00926 e. The first kappa shape index (κ1) is 14.3. The summed E-state index contributed by atoms with van der Waals surface area (Å²) in [6.07, 6.45) is 8.11. The predicted molar refractivity (Wildman–Crippen MR) is 78.5 cm³/mol. The Labute approximate surface area is 113 Å². The highest BCUT2D eigenvalue weighted by atomic mass is 15.2. The maximum absolute atomic E-state index is 6.37. The molecule has 2 aliphatic rings. The molecule has 2 fully saturated rings. The molecular weight excluding hydrogens is 220 g/mol. The van der Waals surface area contributed by atoms with E-state index >= 15 is 0 Å². The molecule has 0 aromatic carbocycles. The van der Waals surface area contributed by atoms with Crippen molar-refractivity contribution in [2.45, 2.75) is 71.4 Å². The van der Waals surface area contributed by atoms with Gasteiger partial charge in [-0.15, -0.1) is 0 Å². The van der Waals surface area contributed by atoms with Crippen LogP contribution >= 0.6 is 0 Å². The van der Waals surface area contributed by atoms with Crippen molar-refractivity contribution >= 4 is 0 Å². The number of hydrogen-bond acceptors (Lipinski definition) is 2. The van der Waals surface area contributed by atoms with E-state index in [1.54, 1.807) is 0 Å². The Hall–Kier alpha value is -0.0800. The van der Waals surface area contributed by atoms with Crippen LogP contribution in [-0.4, -0.2) is 30.1 Å². The van der Waals surface area contributed by atoms with Gasteiger partial charge in [-0.3, -0.25) is 0 Å². The number of nitrogens with zero attached hydrogens (tertiary/aromatic N) is 1. The van der Waals surface area contributed by atoms with Crippen molar-refractivity contribution in [3.8, 4) is 0 Å². The Kier molecular flexibility index (Phi) is 5.08. The second-order valence-electron chi connectivity index (χ2n) is 6.87. The number of nitrogens with two attached hydrogens (primary N) is 1. The van der Waals surface area contributed by atoms with Gasteiger partial charge in [-0.05, 0) is 63.3 Å². The summed E-state index contributed by atoms with van der Waals surface area (Å²) < 4.78 is 0. The van der Waals surface area contributed by atoms with Gasteiger partial charge >= 0.3 is 0 Å². The van der Waals surface area contributed by atoms with Crippen LogP contribution in [0.25, 0.3) is 0 Å². The van der Waals surface area contributed by atoms with Gasteiger partial charge in [-0.2, -0.15) is 0 Å². The Bertz CT molecular complexity index is 253. The molecule has 0 amide bonds. The molecule has 0 bridgehead atoms. The molecule has 2 N–H and O–H groups in total. The molecule has 0 aromatic rings. The Morgan fingerprint density at radius 2 is 1.94 bits per heavy atom. The molecule has 1 saturated heterocycles. The largest absolute Gasteiger partial charge is 0.327 e. The smallest absolute Gasteiger partial charge is 0.00926 e. The van der Waals surface area contributed by atoms with E-state index in [9.17, 15) is 0 Å². The topological polar surface area (TPSA) is 29.3 Å². The standard InChI is InChI=1S/C16H32N2/c1-4-14-7-8-16(17)15(10-14)11-18-9-5-6-12(2)13(18)3/h12-16H,4-11,17H2,1-3H3. The van der Waals surface area contributed by atoms with E-state index in [0.29, 0.717) is 6.04 Å². The van der Waals surface area contributed by atoms with E-state index in [2.05, 4.69) is 25.7 Å². The quantitative estimate of drug-likeness (QED) is 0.835. The van der Waals surface area contributed by atoms with Crippen molar-refractivity contribution in [2.75, 3.05) is 13.1 Å². The number of piperidine rings is 1. The Morgan fingerprint density at radius 3 is 2.67 bits per heavy atom. The minimum atomic E-state index is 0.456. The molecule has 2 heteroatoms. The minimum absolute atomic E-state index is 0.456. The molecule has 1 saturated carbocycles. The third-order valence-corrected chi connectivity index (χ3v) is 5.70. The molecule has 0 radical (unpaired) electrons. The van der Waals surface area contributed by atoms with Gasteiger partial charge in [0.2, 0.25) is 0 Å². The molecule has 0 spiro atoms. The first-order valence-electron chi connectivity index (χ1n) is 8.11. The first-order chi connectivity index (χ1) is 8.61. The summed E-state index contributed by atoms with van der Waals surface area (Å²) in [5, 5.41) is 0. The second-order valence-corrected chi connectivity index (χ2v) is 6.87. The van der Waals surface area contributed by atoms with Crippen LogP contribution in [0.1, 0.15) is 59.3 Å². The molecule has 106 valence electrons. The van der Waals surface area contributed by atoms with Crippen molar-refractivity contribution in [3.63, 3.8) is 0 Å². The predicted octanol–water partition coefficient (Wildman–Crippen LogP) is 3.26. The van der Waals surface area contributed by atoms with E-state index in [1.807, 2.05) is 0 Å². The zero-order valence-electron chi connectivity index (χ0n) is 12.6. The molecular formula is C16H32N2. The average molecular weight is 252 g/mol.